The lowest BCUT2D eigenvalue weighted by Crippen LogP contribution is -2.33. The largest absolute Gasteiger partial charge is 0.484 e. The number of alkyl halides is 4. The minimum absolute atomic E-state index is 0.115. The van der Waals surface area contributed by atoms with E-state index in [1.165, 1.54) is 6.07 Å². The molecule has 0 bridgehead atoms. The van der Waals surface area contributed by atoms with E-state index in [4.69, 9.17) is 0 Å². The fraction of sp³-hybridized carbons (Fsp3) is 0.571. The van der Waals surface area contributed by atoms with Crippen LogP contribution < -0.4 is 10.1 Å². The fourth-order valence-corrected chi connectivity index (χ4v) is 1.62. The van der Waals surface area contributed by atoms with E-state index in [1.54, 1.807) is 0 Å². The third-order valence-corrected chi connectivity index (χ3v) is 2.90. The molecule has 1 aromatic rings. The molecule has 0 saturated heterocycles. The van der Waals surface area contributed by atoms with Crippen molar-refractivity contribution in [3.8, 4) is 5.75 Å². The van der Waals surface area contributed by atoms with Crippen LogP contribution in [0.2, 0.25) is 0 Å². The van der Waals surface area contributed by atoms with Crippen molar-refractivity contribution in [3.63, 3.8) is 0 Å². The van der Waals surface area contributed by atoms with Gasteiger partial charge in [0.15, 0.2) is 18.2 Å². The summed E-state index contributed by atoms with van der Waals surface area (Å²) in [5, 5.41) is 3.14. The molecule has 7 heteroatoms. The van der Waals surface area contributed by atoms with Crippen LogP contribution in [0.25, 0.3) is 0 Å². The zero-order chi connectivity index (χ0) is 16.0. The smallest absolute Gasteiger partial charge is 0.340 e. The van der Waals surface area contributed by atoms with E-state index in [1.807, 2.05) is 13.8 Å². The Bertz CT molecular complexity index is 453. The Balaban J connectivity index is 2.70. The molecule has 0 heterocycles. The molecule has 1 N–H and O–H groups in total. The van der Waals surface area contributed by atoms with Gasteiger partial charge in [0.25, 0.3) is 0 Å². The second-order valence-corrected chi connectivity index (χ2v) is 4.72. The van der Waals surface area contributed by atoms with Crippen molar-refractivity contribution in [2.45, 2.75) is 38.7 Å². The van der Waals surface area contributed by atoms with E-state index in [0.29, 0.717) is 5.56 Å². The fourth-order valence-electron chi connectivity index (χ4n) is 1.62. The second kappa shape index (κ2) is 7.59. The lowest BCUT2D eigenvalue weighted by molar-refractivity contribution is -0.148. The summed E-state index contributed by atoms with van der Waals surface area (Å²) in [6, 6.07) is 3.70. The second-order valence-electron chi connectivity index (χ2n) is 4.72. The zero-order valence-electron chi connectivity index (χ0n) is 11.8. The minimum Gasteiger partial charge on any atom is -0.484 e. The van der Waals surface area contributed by atoms with Crippen molar-refractivity contribution >= 4 is 0 Å². The Hall–Kier alpha value is -1.37. The van der Waals surface area contributed by atoms with Gasteiger partial charge < -0.3 is 10.1 Å². The molecule has 2 nitrogen and oxygen atoms in total. The number of hydrogen-bond donors (Lipinski definition) is 1. The molecule has 0 aliphatic rings. The highest BCUT2D eigenvalue weighted by molar-refractivity contribution is 5.31. The Kier molecular flexibility index (Phi) is 6.39. The quantitative estimate of drug-likeness (QED) is 0.728. The minimum atomic E-state index is -4.30. The molecule has 120 valence electrons. The van der Waals surface area contributed by atoms with Crippen LogP contribution in [0.1, 0.15) is 31.9 Å². The van der Waals surface area contributed by atoms with Gasteiger partial charge in [-0.3, -0.25) is 0 Å². The summed E-state index contributed by atoms with van der Waals surface area (Å²) in [5.74, 6) is -5.63. The maximum absolute atomic E-state index is 13.7. The third-order valence-electron chi connectivity index (χ3n) is 2.90. The summed E-state index contributed by atoms with van der Waals surface area (Å²) < 4.78 is 67.5. The standard InChI is InChI=1S/C14H18F5NO/c1-3-6-20-9(2)10-4-5-12(11(15)7-10)21-8-14(18,19)13(16)17/h4-5,7,9,13,20H,3,6,8H2,1-2H3. The summed E-state index contributed by atoms with van der Waals surface area (Å²) in [7, 11) is 0. The van der Waals surface area contributed by atoms with E-state index in [9.17, 15) is 22.0 Å². The predicted octanol–water partition coefficient (Wildman–Crippen LogP) is 4.17. The first-order valence-corrected chi connectivity index (χ1v) is 6.59. The van der Waals surface area contributed by atoms with Crippen molar-refractivity contribution in [1.29, 1.82) is 0 Å². The van der Waals surface area contributed by atoms with Crippen LogP contribution >= 0.6 is 0 Å². The monoisotopic (exact) mass is 311 g/mol. The molecule has 1 unspecified atom stereocenters. The lowest BCUT2D eigenvalue weighted by atomic mass is 10.1. The Morgan fingerprint density at radius 3 is 2.48 bits per heavy atom. The summed E-state index contributed by atoms with van der Waals surface area (Å²) in [5.41, 5.74) is 0.619. The van der Waals surface area contributed by atoms with Gasteiger partial charge in [-0.05, 0) is 37.6 Å². The SMILES string of the molecule is CCCNC(C)c1ccc(OCC(F)(F)C(F)F)c(F)c1. The van der Waals surface area contributed by atoms with Gasteiger partial charge in [0.1, 0.15) is 0 Å². The highest BCUT2D eigenvalue weighted by Crippen LogP contribution is 2.27. The molecule has 0 saturated carbocycles. The number of halogens is 5. The third kappa shape index (κ3) is 5.15. The first kappa shape index (κ1) is 17.7. The molecule has 1 rings (SSSR count). The van der Waals surface area contributed by atoms with Crippen LogP contribution in [0.15, 0.2) is 18.2 Å². The summed E-state index contributed by atoms with van der Waals surface area (Å²) in [6.07, 6.45) is -2.94. The van der Waals surface area contributed by atoms with Gasteiger partial charge >= 0.3 is 12.3 Å². The predicted molar refractivity (Wildman–Crippen MR) is 69.6 cm³/mol. The average Bonchev–Trinajstić information content (AvgIpc) is 2.43. The van der Waals surface area contributed by atoms with E-state index in [-0.39, 0.29) is 6.04 Å². The Morgan fingerprint density at radius 1 is 1.29 bits per heavy atom. The molecule has 1 atom stereocenters. The molecule has 0 aromatic heterocycles. The molecular weight excluding hydrogens is 293 g/mol. The lowest BCUT2D eigenvalue weighted by Gasteiger charge is -2.18. The van der Waals surface area contributed by atoms with Crippen LogP contribution in [-0.4, -0.2) is 25.5 Å². The van der Waals surface area contributed by atoms with Gasteiger partial charge in [-0.2, -0.15) is 8.78 Å². The highest BCUT2D eigenvalue weighted by atomic mass is 19.3. The molecule has 0 aliphatic heterocycles. The van der Waals surface area contributed by atoms with Crippen LogP contribution in [0.3, 0.4) is 0 Å². The van der Waals surface area contributed by atoms with E-state index >= 15 is 0 Å². The van der Waals surface area contributed by atoms with Gasteiger partial charge in [-0.1, -0.05) is 13.0 Å². The van der Waals surface area contributed by atoms with Crippen LogP contribution in [0.4, 0.5) is 22.0 Å². The summed E-state index contributed by atoms with van der Waals surface area (Å²) in [4.78, 5) is 0. The number of hydrogen-bond acceptors (Lipinski definition) is 2. The van der Waals surface area contributed by atoms with Crippen molar-refractivity contribution in [1.82, 2.24) is 5.32 Å². The molecule has 0 aliphatic carbocycles. The van der Waals surface area contributed by atoms with Gasteiger partial charge in [0, 0.05) is 6.04 Å². The maximum Gasteiger partial charge on any atom is 0.340 e. The summed E-state index contributed by atoms with van der Waals surface area (Å²) >= 11 is 0. The van der Waals surface area contributed by atoms with Crippen LogP contribution in [-0.2, 0) is 0 Å². The number of ether oxygens (including phenoxy) is 1. The van der Waals surface area contributed by atoms with E-state index in [2.05, 4.69) is 10.1 Å². The number of benzene rings is 1. The Morgan fingerprint density at radius 2 is 1.95 bits per heavy atom. The molecular formula is C14H18F5NO. The van der Waals surface area contributed by atoms with Gasteiger partial charge in [0.05, 0.1) is 0 Å². The van der Waals surface area contributed by atoms with Crippen molar-refractivity contribution in [2.24, 2.45) is 0 Å². The van der Waals surface area contributed by atoms with Crippen molar-refractivity contribution in [2.75, 3.05) is 13.2 Å². The first-order chi connectivity index (χ1) is 9.77. The van der Waals surface area contributed by atoms with Crippen molar-refractivity contribution in [3.05, 3.63) is 29.6 Å². The Labute approximate surface area is 120 Å². The topological polar surface area (TPSA) is 21.3 Å². The van der Waals surface area contributed by atoms with E-state index in [0.717, 1.165) is 25.1 Å². The summed E-state index contributed by atoms with van der Waals surface area (Å²) in [6.45, 7) is 3.00. The van der Waals surface area contributed by atoms with E-state index < -0.39 is 30.5 Å². The van der Waals surface area contributed by atoms with Gasteiger partial charge in [0.2, 0.25) is 0 Å². The highest BCUT2D eigenvalue weighted by Gasteiger charge is 2.41. The molecule has 0 spiro atoms. The molecule has 0 radical (unpaired) electrons. The van der Waals surface area contributed by atoms with Gasteiger partial charge in [-0.15, -0.1) is 0 Å². The first-order valence-electron chi connectivity index (χ1n) is 6.59. The molecule has 21 heavy (non-hydrogen) atoms. The van der Waals surface area contributed by atoms with Gasteiger partial charge in [-0.25, -0.2) is 13.2 Å². The molecule has 0 amide bonds. The maximum atomic E-state index is 13.7. The number of rotatable bonds is 8. The molecule has 1 aromatic carbocycles. The normalized spacial score (nSPS) is 13.5. The zero-order valence-corrected chi connectivity index (χ0v) is 11.8. The molecule has 0 fully saturated rings. The number of nitrogens with one attached hydrogen (secondary N) is 1. The van der Waals surface area contributed by atoms with Crippen LogP contribution in [0, 0.1) is 5.82 Å². The van der Waals surface area contributed by atoms with Crippen molar-refractivity contribution < 1.29 is 26.7 Å². The van der Waals surface area contributed by atoms with Crippen LogP contribution in [0.5, 0.6) is 5.75 Å². The average molecular weight is 311 g/mol.